The number of unbranched alkanes of at least 4 members (excludes halogenated alkanes) is 30. The van der Waals surface area contributed by atoms with Crippen molar-refractivity contribution in [3.63, 3.8) is 0 Å². The zero-order chi connectivity index (χ0) is 71.8. The molecule has 99 heavy (non-hydrogen) atoms. The van der Waals surface area contributed by atoms with Gasteiger partial charge in [-0.3, -0.25) is 4.79 Å². The molecule has 12 N–H and O–H groups in total. The molecule has 3 rings (SSSR count). The second-order valence-electron chi connectivity index (χ2n) is 27.4. The fourth-order valence-corrected chi connectivity index (χ4v) is 12.6. The van der Waals surface area contributed by atoms with Crippen LogP contribution in [0.15, 0.2) is 97.2 Å². The smallest absolute Gasteiger partial charge is 0.220 e. The molecule has 0 aromatic carbocycles. The van der Waals surface area contributed by atoms with Crippen LogP contribution in [-0.2, 0) is 33.2 Å². The second-order valence-corrected chi connectivity index (χ2v) is 27.4. The first-order valence-corrected chi connectivity index (χ1v) is 39.0. The van der Waals surface area contributed by atoms with Crippen molar-refractivity contribution >= 4 is 5.91 Å². The molecular weight excluding hydrogens is 1260 g/mol. The molecule has 0 radical (unpaired) electrons. The standard InChI is InChI=1S/C80H139NO18/c1-3-5-7-9-11-13-15-17-19-21-23-25-27-29-31-33-35-37-39-41-43-45-47-49-51-53-55-57-64(85)63(81-68(86)58-56-54-52-50-48-46-44-42-40-38-36-34-32-30-28-26-24-22-20-18-16-14-12-10-8-6-4-2)62-94-78-74(92)71(89)76(66(60-83)96-78)99-80-75(93)72(90)77(67(61-84)97-80)98-79-73(91)70(88)69(87)65(59-82)95-79/h6,8,12,14,18,20,24,26,30,32,36,38,47,49,55,57,63-67,69-80,82-85,87-93H,3-5,7,9-11,13,15-17,19,21-23,25,27-29,31,33-35,37,39-46,48,50-54,56,58-62H2,1-2H3,(H,81,86)/b8-6-,14-12-,20-18-,26-24-,32-30-,38-36-,49-47+,57-55+. The van der Waals surface area contributed by atoms with Crippen molar-refractivity contribution in [3.05, 3.63) is 97.2 Å². The first kappa shape index (κ1) is 89.9. The third kappa shape index (κ3) is 40.5. The zero-order valence-corrected chi connectivity index (χ0v) is 60.9. The zero-order valence-electron chi connectivity index (χ0n) is 60.9. The number of aliphatic hydroxyl groups is 11. The minimum Gasteiger partial charge on any atom is -0.394 e. The average molecular weight is 1400 g/mol. The van der Waals surface area contributed by atoms with Crippen LogP contribution in [0.5, 0.6) is 0 Å². The highest BCUT2D eigenvalue weighted by Gasteiger charge is 2.53. The Balaban J connectivity index is 1.41. The maximum atomic E-state index is 13.5. The lowest BCUT2D eigenvalue weighted by Gasteiger charge is -2.48. The maximum Gasteiger partial charge on any atom is 0.220 e. The Hall–Kier alpha value is -3.29. The van der Waals surface area contributed by atoms with E-state index in [2.05, 4.69) is 104 Å². The number of rotatable bonds is 60. The fourth-order valence-electron chi connectivity index (χ4n) is 12.6. The van der Waals surface area contributed by atoms with Crippen LogP contribution < -0.4 is 5.32 Å². The van der Waals surface area contributed by atoms with E-state index in [-0.39, 0.29) is 18.9 Å². The number of nitrogens with one attached hydrogen (secondary N) is 1. The molecule has 3 fully saturated rings. The molecule has 3 aliphatic heterocycles. The summed E-state index contributed by atoms with van der Waals surface area (Å²) in [5.41, 5.74) is 0. The second kappa shape index (κ2) is 60.0. The van der Waals surface area contributed by atoms with Crippen molar-refractivity contribution in [3.8, 4) is 0 Å². The Labute approximate surface area is 596 Å². The summed E-state index contributed by atoms with van der Waals surface area (Å²) in [6.45, 7) is 1.61. The van der Waals surface area contributed by atoms with Gasteiger partial charge in [0.1, 0.15) is 73.2 Å². The van der Waals surface area contributed by atoms with E-state index in [0.29, 0.717) is 12.8 Å². The highest BCUT2D eigenvalue weighted by molar-refractivity contribution is 5.76. The molecule has 0 spiro atoms. The van der Waals surface area contributed by atoms with Gasteiger partial charge < -0.3 is 89.9 Å². The third-order valence-electron chi connectivity index (χ3n) is 18.9. The van der Waals surface area contributed by atoms with Crippen LogP contribution >= 0.6 is 0 Å². The summed E-state index contributed by atoms with van der Waals surface area (Å²) in [5, 5.41) is 121. The molecular formula is C80H139NO18. The van der Waals surface area contributed by atoms with Gasteiger partial charge in [-0.2, -0.15) is 0 Å². The molecule has 572 valence electrons. The van der Waals surface area contributed by atoms with E-state index in [9.17, 15) is 61.0 Å². The number of carbonyl (C=O) groups is 1. The van der Waals surface area contributed by atoms with Gasteiger partial charge in [0, 0.05) is 6.42 Å². The molecule has 17 unspecified atom stereocenters. The van der Waals surface area contributed by atoms with Gasteiger partial charge >= 0.3 is 0 Å². The quantitative estimate of drug-likeness (QED) is 0.0199. The number of ether oxygens (including phenoxy) is 6. The average Bonchev–Trinajstić information content (AvgIpc) is 0.784. The molecule has 0 bridgehead atoms. The molecule has 19 nitrogen and oxygen atoms in total. The Morgan fingerprint density at radius 3 is 1.13 bits per heavy atom. The predicted octanol–water partition coefficient (Wildman–Crippen LogP) is 12.4. The lowest BCUT2D eigenvalue weighted by Crippen LogP contribution is -2.66. The minimum atomic E-state index is -1.99. The van der Waals surface area contributed by atoms with E-state index in [1.807, 2.05) is 6.08 Å². The predicted molar refractivity (Wildman–Crippen MR) is 392 cm³/mol. The molecule has 19 heteroatoms. The topological polar surface area (TPSA) is 307 Å². The van der Waals surface area contributed by atoms with Crippen LogP contribution in [0.1, 0.15) is 271 Å². The lowest BCUT2D eigenvalue weighted by atomic mass is 9.96. The van der Waals surface area contributed by atoms with E-state index in [0.717, 1.165) is 103 Å². The van der Waals surface area contributed by atoms with Gasteiger partial charge in [0.25, 0.3) is 0 Å². The van der Waals surface area contributed by atoms with Crippen LogP contribution in [0.2, 0.25) is 0 Å². The lowest BCUT2D eigenvalue weighted by molar-refractivity contribution is -0.379. The largest absolute Gasteiger partial charge is 0.394 e. The van der Waals surface area contributed by atoms with E-state index in [4.69, 9.17) is 28.4 Å². The molecule has 1 amide bonds. The summed E-state index contributed by atoms with van der Waals surface area (Å²) in [7, 11) is 0. The van der Waals surface area contributed by atoms with Crippen molar-refractivity contribution in [1.82, 2.24) is 5.32 Å². The van der Waals surface area contributed by atoms with Crippen molar-refractivity contribution in [2.45, 2.75) is 375 Å². The highest BCUT2D eigenvalue weighted by Crippen LogP contribution is 2.33. The Kier molecular flexibility index (Phi) is 54.5. The van der Waals surface area contributed by atoms with Crippen molar-refractivity contribution in [2.24, 2.45) is 0 Å². The summed E-state index contributed by atoms with van der Waals surface area (Å²) < 4.78 is 34.4. The summed E-state index contributed by atoms with van der Waals surface area (Å²) >= 11 is 0. The molecule has 3 aliphatic rings. The van der Waals surface area contributed by atoms with Crippen LogP contribution in [0.25, 0.3) is 0 Å². The summed E-state index contributed by atoms with van der Waals surface area (Å²) in [4.78, 5) is 13.5. The van der Waals surface area contributed by atoms with Crippen molar-refractivity contribution in [1.29, 1.82) is 0 Å². The third-order valence-corrected chi connectivity index (χ3v) is 18.9. The van der Waals surface area contributed by atoms with Gasteiger partial charge in [-0.25, -0.2) is 0 Å². The van der Waals surface area contributed by atoms with Crippen LogP contribution in [0.4, 0.5) is 0 Å². The summed E-state index contributed by atoms with van der Waals surface area (Å²) in [5.74, 6) is -0.296. The van der Waals surface area contributed by atoms with Gasteiger partial charge in [0.2, 0.25) is 5.91 Å². The van der Waals surface area contributed by atoms with Gasteiger partial charge in [-0.1, -0.05) is 278 Å². The van der Waals surface area contributed by atoms with Gasteiger partial charge in [0.05, 0.1) is 38.6 Å². The van der Waals surface area contributed by atoms with Crippen LogP contribution in [0.3, 0.4) is 0 Å². The minimum absolute atomic E-state index is 0.220. The number of aliphatic hydroxyl groups excluding tert-OH is 11. The molecule has 3 saturated heterocycles. The Bertz CT molecular complexity index is 2170. The molecule has 17 atom stereocenters. The Morgan fingerprint density at radius 1 is 0.374 bits per heavy atom. The highest BCUT2D eigenvalue weighted by atomic mass is 16.8. The first-order chi connectivity index (χ1) is 48.3. The number of carbonyl (C=O) groups excluding carboxylic acids is 1. The molecule has 0 aromatic heterocycles. The van der Waals surface area contributed by atoms with Gasteiger partial charge in [-0.15, -0.1) is 0 Å². The van der Waals surface area contributed by atoms with Crippen LogP contribution in [0, 0.1) is 0 Å². The summed E-state index contributed by atoms with van der Waals surface area (Å²) in [6.07, 6.45) is 53.8. The van der Waals surface area contributed by atoms with E-state index in [1.54, 1.807) is 6.08 Å². The normalized spacial score (nSPS) is 27.1. The molecule has 3 heterocycles. The van der Waals surface area contributed by atoms with Gasteiger partial charge in [-0.05, 0) is 83.5 Å². The number of hydrogen-bond donors (Lipinski definition) is 12. The SMILES string of the molecule is CC/C=C\C/C=C\C/C=C\C/C=C\C/C=C\C/C=C\CCCCCCCCCCC(=O)NC(COC1OC(CO)C(OC2OC(CO)C(OC3OC(CO)C(O)C(O)C3O)C(O)C2O)C(O)C1O)C(O)/C=C/CC/C=C/CCCCCCCCCCCCCCCCCCCCCCC. The van der Waals surface area contributed by atoms with E-state index >= 15 is 0 Å². The molecule has 0 aromatic rings. The van der Waals surface area contributed by atoms with Crippen molar-refractivity contribution in [2.75, 3.05) is 26.4 Å². The van der Waals surface area contributed by atoms with Crippen LogP contribution in [-0.4, -0.2) is 193 Å². The van der Waals surface area contributed by atoms with E-state index in [1.165, 1.54) is 135 Å². The Morgan fingerprint density at radius 2 is 0.707 bits per heavy atom. The first-order valence-electron chi connectivity index (χ1n) is 39.0. The van der Waals surface area contributed by atoms with Gasteiger partial charge in [0.15, 0.2) is 18.9 Å². The number of allylic oxidation sites excluding steroid dienone is 15. The summed E-state index contributed by atoms with van der Waals surface area (Å²) in [6, 6.07) is -1.00. The fraction of sp³-hybridized carbons (Fsp3) is 0.787. The maximum absolute atomic E-state index is 13.5. The molecule has 0 aliphatic carbocycles. The van der Waals surface area contributed by atoms with Crippen molar-refractivity contribution < 1.29 is 89.4 Å². The monoisotopic (exact) mass is 1400 g/mol. The number of amides is 1. The molecule has 0 saturated carbocycles. The number of hydrogen-bond acceptors (Lipinski definition) is 18. The van der Waals surface area contributed by atoms with E-state index < -0.39 is 124 Å².